The first-order chi connectivity index (χ1) is 7.77. The summed E-state index contributed by atoms with van der Waals surface area (Å²) in [5.41, 5.74) is 0. The van der Waals surface area contributed by atoms with Gasteiger partial charge in [-0.15, -0.1) is 0 Å². The summed E-state index contributed by atoms with van der Waals surface area (Å²) in [6, 6.07) is 0.781. The first-order valence-corrected chi connectivity index (χ1v) is 7.00. The van der Waals surface area contributed by atoms with Crippen LogP contribution in [0.2, 0.25) is 0 Å². The van der Waals surface area contributed by atoms with Crippen LogP contribution in [-0.4, -0.2) is 26.3 Å². The summed E-state index contributed by atoms with van der Waals surface area (Å²) in [4.78, 5) is 0. The van der Waals surface area contributed by atoms with E-state index in [1.54, 1.807) is 7.11 Å². The monoisotopic (exact) mass is 227 g/mol. The third-order valence-corrected chi connectivity index (χ3v) is 3.95. The van der Waals surface area contributed by atoms with Crippen LogP contribution in [0.15, 0.2) is 0 Å². The number of hydrogen-bond acceptors (Lipinski definition) is 2. The van der Waals surface area contributed by atoms with Crippen molar-refractivity contribution in [2.45, 2.75) is 58.4 Å². The van der Waals surface area contributed by atoms with Crippen LogP contribution in [0.25, 0.3) is 0 Å². The summed E-state index contributed by atoms with van der Waals surface area (Å²) in [6.45, 7) is 6.80. The summed E-state index contributed by atoms with van der Waals surface area (Å²) >= 11 is 0. The van der Waals surface area contributed by atoms with Crippen molar-refractivity contribution in [2.75, 3.05) is 20.3 Å². The lowest BCUT2D eigenvalue weighted by Crippen LogP contribution is -2.40. The predicted molar refractivity (Wildman–Crippen MR) is 69.7 cm³/mol. The molecule has 96 valence electrons. The van der Waals surface area contributed by atoms with E-state index in [-0.39, 0.29) is 0 Å². The highest BCUT2D eigenvalue weighted by molar-refractivity contribution is 4.82. The van der Waals surface area contributed by atoms with Crippen LogP contribution >= 0.6 is 0 Å². The van der Waals surface area contributed by atoms with Gasteiger partial charge in [0.2, 0.25) is 0 Å². The van der Waals surface area contributed by atoms with Crippen molar-refractivity contribution in [1.82, 2.24) is 5.32 Å². The minimum Gasteiger partial charge on any atom is -0.385 e. The number of ether oxygens (including phenoxy) is 1. The molecular weight excluding hydrogens is 198 g/mol. The Morgan fingerprint density at radius 3 is 2.75 bits per heavy atom. The van der Waals surface area contributed by atoms with Gasteiger partial charge in [-0.1, -0.05) is 20.3 Å². The first kappa shape index (κ1) is 14.0. The molecule has 1 rings (SSSR count). The third kappa shape index (κ3) is 4.84. The Balaban J connectivity index is 2.14. The first-order valence-electron chi connectivity index (χ1n) is 7.00. The van der Waals surface area contributed by atoms with Gasteiger partial charge in [0.25, 0.3) is 0 Å². The minimum atomic E-state index is 0.781. The molecule has 1 N–H and O–H groups in total. The molecule has 0 aromatic rings. The smallest absolute Gasteiger partial charge is 0.0462 e. The summed E-state index contributed by atoms with van der Waals surface area (Å²) in [6.07, 6.45) is 7.97. The molecule has 1 saturated carbocycles. The molecule has 2 heteroatoms. The molecule has 0 saturated heterocycles. The van der Waals surface area contributed by atoms with Crippen LogP contribution in [0.1, 0.15) is 52.4 Å². The molecule has 0 spiro atoms. The van der Waals surface area contributed by atoms with Crippen LogP contribution < -0.4 is 5.32 Å². The fourth-order valence-electron chi connectivity index (χ4n) is 2.88. The van der Waals surface area contributed by atoms with E-state index >= 15 is 0 Å². The van der Waals surface area contributed by atoms with E-state index in [0.29, 0.717) is 0 Å². The topological polar surface area (TPSA) is 21.3 Å². The molecule has 0 amide bonds. The second-order valence-corrected chi connectivity index (χ2v) is 5.35. The molecule has 1 aliphatic carbocycles. The lowest BCUT2D eigenvalue weighted by molar-refractivity contribution is 0.186. The van der Waals surface area contributed by atoms with E-state index in [2.05, 4.69) is 19.2 Å². The van der Waals surface area contributed by atoms with Gasteiger partial charge in [-0.2, -0.15) is 0 Å². The number of rotatable bonds is 7. The van der Waals surface area contributed by atoms with Gasteiger partial charge in [-0.25, -0.2) is 0 Å². The van der Waals surface area contributed by atoms with E-state index in [0.717, 1.165) is 24.5 Å². The normalized spacial score (nSPS) is 30.6. The van der Waals surface area contributed by atoms with Crippen LogP contribution in [0, 0.1) is 11.8 Å². The second kappa shape index (κ2) is 8.08. The van der Waals surface area contributed by atoms with Crippen molar-refractivity contribution in [3.05, 3.63) is 0 Å². The minimum absolute atomic E-state index is 0.781. The zero-order valence-electron chi connectivity index (χ0n) is 11.3. The molecule has 0 aromatic heterocycles. The maximum absolute atomic E-state index is 5.06. The van der Waals surface area contributed by atoms with Crippen molar-refractivity contribution in [3.63, 3.8) is 0 Å². The fraction of sp³-hybridized carbons (Fsp3) is 1.00. The predicted octanol–water partition coefficient (Wildman–Crippen LogP) is 3.22. The lowest BCUT2D eigenvalue weighted by Gasteiger charge is -2.35. The zero-order valence-corrected chi connectivity index (χ0v) is 11.3. The van der Waals surface area contributed by atoms with Crippen LogP contribution in [0.5, 0.6) is 0 Å². The van der Waals surface area contributed by atoms with Gasteiger partial charge in [0.1, 0.15) is 0 Å². The van der Waals surface area contributed by atoms with Crippen molar-refractivity contribution >= 4 is 0 Å². The molecule has 0 aromatic carbocycles. The molecular formula is C14H29NO. The molecule has 0 heterocycles. The zero-order chi connectivity index (χ0) is 11.8. The molecule has 0 radical (unpaired) electrons. The summed E-state index contributed by atoms with van der Waals surface area (Å²) in [5.74, 6) is 1.85. The second-order valence-electron chi connectivity index (χ2n) is 5.35. The SMILES string of the molecule is CCC1CC(C)CCC1NCCCCOC. The Morgan fingerprint density at radius 2 is 2.06 bits per heavy atom. The van der Waals surface area contributed by atoms with Crippen LogP contribution in [0.3, 0.4) is 0 Å². The molecule has 3 atom stereocenters. The largest absolute Gasteiger partial charge is 0.385 e. The molecule has 16 heavy (non-hydrogen) atoms. The van der Waals surface area contributed by atoms with Crippen LogP contribution in [0.4, 0.5) is 0 Å². The third-order valence-electron chi connectivity index (χ3n) is 3.95. The van der Waals surface area contributed by atoms with Crippen LogP contribution in [-0.2, 0) is 4.74 Å². The van der Waals surface area contributed by atoms with Crippen molar-refractivity contribution in [3.8, 4) is 0 Å². The van der Waals surface area contributed by atoms with Gasteiger partial charge >= 0.3 is 0 Å². The van der Waals surface area contributed by atoms with Gasteiger partial charge in [0.15, 0.2) is 0 Å². The van der Waals surface area contributed by atoms with Gasteiger partial charge in [0, 0.05) is 19.8 Å². The quantitative estimate of drug-likeness (QED) is 0.674. The number of unbranched alkanes of at least 4 members (excludes halogenated alkanes) is 1. The summed E-state index contributed by atoms with van der Waals surface area (Å²) in [7, 11) is 1.78. The molecule has 0 bridgehead atoms. The average Bonchev–Trinajstić information content (AvgIpc) is 2.30. The average molecular weight is 227 g/mol. The van der Waals surface area contributed by atoms with Gasteiger partial charge in [0.05, 0.1) is 0 Å². The maximum atomic E-state index is 5.06. The molecule has 0 aliphatic heterocycles. The standard InChI is InChI=1S/C14H29NO/c1-4-13-11-12(2)7-8-14(13)15-9-5-6-10-16-3/h12-15H,4-11H2,1-3H3. The number of methoxy groups -OCH3 is 1. The van der Waals surface area contributed by atoms with Gasteiger partial charge in [-0.3, -0.25) is 0 Å². The van der Waals surface area contributed by atoms with E-state index in [9.17, 15) is 0 Å². The molecule has 1 aliphatic rings. The van der Waals surface area contributed by atoms with Crippen molar-refractivity contribution < 1.29 is 4.74 Å². The van der Waals surface area contributed by atoms with E-state index < -0.39 is 0 Å². The Labute approximate surface area is 101 Å². The maximum Gasteiger partial charge on any atom is 0.0462 e. The van der Waals surface area contributed by atoms with E-state index in [1.165, 1.54) is 45.1 Å². The van der Waals surface area contributed by atoms with Gasteiger partial charge < -0.3 is 10.1 Å². The molecule has 1 fully saturated rings. The highest BCUT2D eigenvalue weighted by Crippen LogP contribution is 2.30. The number of nitrogens with one attached hydrogen (secondary N) is 1. The Hall–Kier alpha value is -0.0800. The summed E-state index contributed by atoms with van der Waals surface area (Å²) in [5, 5.41) is 3.75. The fourth-order valence-corrected chi connectivity index (χ4v) is 2.88. The lowest BCUT2D eigenvalue weighted by atomic mass is 9.77. The van der Waals surface area contributed by atoms with Crippen molar-refractivity contribution in [2.24, 2.45) is 11.8 Å². The summed E-state index contributed by atoms with van der Waals surface area (Å²) < 4.78 is 5.06. The highest BCUT2D eigenvalue weighted by Gasteiger charge is 2.26. The Kier molecular flexibility index (Phi) is 7.06. The number of hydrogen-bond donors (Lipinski definition) is 1. The molecule has 3 unspecified atom stereocenters. The highest BCUT2D eigenvalue weighted by atomic mass is 16.5. The van der Waals surface area contributed by atoms with Crippen molar-refractivity contribution in [1.29, 1.82) is 0 Å². The Bertz CT molecular complexity index is 172. The van der Waals surface area contributed by atoms with E-state index in [4.69, 9.17) is 4.74 Å². The molecule has 2 nitrogen and oxygen atoms in total. The Morgan fingerprint density at radius 1 is 1.25 bits per heavy atom. The van der Waals surface area contributed by atoms with E-state index in [1.807, 2.05) is 0 Å². The van der Waals surface area contributed by atoms with Gasteiger partial charge in [-0.05, 0) is 50.5 Å².